The van der Waals surface area contributed by atoms with Gasteiger partial charge in [-0.05, 0) is 151 Å². The van der Waals surface area contributed by atoms with E-state index in [2.05, 4.69) is 203 Å². The molecular formula is C44H26I2. The fourth-order valence-corrected chi connectivity index (χ4v) is 8.73. The maximum absolute atomic E-state index is 2.57. The van der Waals surface area contributed by atoms with E-state index in [4.69, 9.17) is 0 Å². The lowest BCUT2D eigenvalue weighted by molar-refractivity contribution is 1.57. The Kier molecular flexibility index (Phi) is 6.83. The van der Waals surface area contributed by atoms with Crippen molar-refractivity contribution in [2.45, 2.75) is 0 Å². The zero-order chi connectivity index (χ0) is 30.8. The minimum absolute atomic E-state index is 1.22. The fraction of sp³-hybridized carbons (Fsp3) is 0. The molecule has 0 unspecified atom stereocenters. The molecule has 0 atom stereocenters. The second-order valence-electron chi connectivity index (χ2n) is 11.9. The van der Waals surface area contributed by atoms with Gasteiger partial charge in [0.05, 0.1) is 0 Å². The highest BCUT2D eigenvalue weighted by atomic mass is 127. The van der Waals surface area contributed by atoms with E-state index in [0.29, 0.717) is 0 Å². The third kappa shape index (κ3) is 4.38. The summed E-state index contributed by atoms with van der Waals surface area (Å²) in [6, 6.07) is 58.1. The van der Waals surface area contributed by atoms with Crippen LogP contribution < -0.4 is 0 Å². The summed E-state index contributed by atoms with van der Waals surface area (Å²) >= 11 is 5.07. The minimum Gasteiger partial charge on any atom is -0.0622 e. The van der Waals surface area contributed by atoms with Crippen LogP contribution in [0.4, 0.5) is 0 Å². The standard InChI is InChI=1S/C44H26I2/c45-39-24-23-36-41-33(39)17-10-18-35(41)42-32(29-15-8-3-9-16-29)21-22-34-40(46)26-38(43(36)44(34)42)37-25-30(27-11-4-1-5-12-27)19-20-31(37)28-13-6-2-7-14-28/h1-26H. The highest BCUT2D eigenvalue weighted by molar-refractivity contribution is 14.1. The smallest absolute Gasteiger partial charge is 0.0215 e. The van der Waals surface area contributed by atoms with Crippen molar-refractivity contribution in [3.8, 4) is 44.5 Å². The van der Waals surface area contributed by atoms with Gasteiger partial charge in [0.25, 0.3) is 0 Å². The molecule has 9 rings (SSSR count). The molecule has 0 aliphatic heterocycles. The van der Waals surface area contributed by atoms with E-state index in [-0.39, 0.29) is 0 Å². The molecule has 9 aromatic carbocycles. The summed E-state index contributed by atoms with van der Waals surface area (Å²) in [5, 5.41) is 10.6. The van der Waals surface area contributed by atoms with Crippen LogP contribution in [0.5, 0.6) is 0 Å². The van der Waals surface area contributed by atoms with Crippen LogP contribution in [0.15, 0.2) is 158 Å². The Bertz CT molecular complexity index is 2570. The van der Waals surface area contributed by atoms with Gasteiger partial charge in [-0.25, -0.2) is 0 Å². The number of benzene rings is 9. The van der Waals surface area contributed by atoms with Crippen LogP contribution in [0, 0.1) is 7.14 Å². The molecule has 0 aliphatic carbocycles. The van der Waals surface area contributed by atoms with E-state index in [9.17, 15) is 0 Å². The van der Waals surface area contributed by atoms with Crippen molar-refractivity contribution in [3.05, 3.63) is 165 Å². The molecule has 0 heterocycles. The van der Waals surface area contributed by atoms with Gasteiger partial charge in [-0.3, -0.25) is 0 Å². The van der Waals surface area contributed by atoms with Gasteiger partial charge in [0.2, 0.25) is 0 Å². The van der Waals surface area contributed by atoms with Crippen LogP contribution in [0.1, 0.15) is 0 Å². The van der Waals surface area contributed by atoms with Crippen molar-refractivity contribution < 1.29 is 0 Å². The second-order valence-corrected chi connectivity index (χ2v) is 14.2. The minimum atomic E-state index is 1.22. The summed E-state index contributed by atoms with van der Waals surface area (Å²) in [5.74, 6) is 0. The van der Waals surface area contributed by atoms with E-state index in [0.717, 1.165) is 0 Å². The number of rotatable bonds is 4. The Balaban J connectivity index is 1.52. The molecule has 0 radical (unpaired) electrons. The average molecular weight is 808 g/mol. The zero-order valence-electron chi connectivity index (χ0n) is 24.8. The molecule has 0 saturated heterocycles. The van der Waals surface area contributed by atoms with Gasteiger partial charge in [0, 0.05) is 7.14 Å². The maximum atomic E-state index is 2.57. The molecule has 0 aromatic heterocycles. The van der Waals surface area contributed by atoms with Crippen LogP contribution in [0.2, 0.25) is 0 Å². The van der Waals surface area contributed by atoms with Crippen LogP contribution in [0.3, 0.4) is 0 Å². The van der Waals surface area contributed by atoms with E-state index in [1.807, 2.05) is 0 Å². The first-order valence-corrected chi connectivity index (χ1v) is 17.6. The lowest BCUT2D eigenvalue weighted by atomic mass is 9.82. The van der Waals surface area contributed by atoms with Crippen molar-refractivity contribution in [1.29, 1.82) is 0 Å². The number of hydrogen-bond acceptors (Lipinski definition) is 0. The quantitative estimate of drug-likeness (QED) is 0.0944. The Labute approximate surface area is 295 Å². The molecule has 0 N–H and O–H groups in total. The van der Waals surface area contributed by atoms with Crippen LogP contribution >= 0.6 is 45.2 Å². The lowest BCUT2D eigenvalue weighted by Crippen LogP contribution is -1.96. The molecule has 216 valence electrons. The third-order valence-corrected chi connectivity index (χ3v) is 11.2. The van der Waals surface area contributed by atoms with Crippen LogP contribution in [-0.4, -0.2) is 0 Å². The number of hydrogen-bond donors (Lipinski definition) is 0. The highest BCUT2D eigenvalue weighted by Crippen LogP contribution is 2.50. The van der Waals surface area contributed by atoms with Crippen molar-refractivity contribution in [3.63, 3.8) is 0 Å². The van der Waals surface area contributed by atoms with Gasteiger partial charge in [-0.1, -0.05) is 140 Å². The molecule has 46 heavy (non-hydrogen) atoms. The molecule has 0 amide bonds. The molecule has 0 aliphatic rings. The lowest BCUT2D eigenvalue weighted by Gasteiger charge is -2.22. The largest absolute Gasteiger partial charge is 0.0622 e. The average Bonchev–Trinajstić information content (AvgIpc) is 3.12. The maximum Gasteiger partial charge on any atom is 0.0215 e. The van der Waals surface area contributed by atoms with E-state index in [1.165, 1.54) is 94.7 Å². The molecule has 0 spiro atoms. The Hall–Kier alpha value is -4.26. The molecule has 2 heteroatoms. The summed E-state index contributed by atoms with van der Waals surface area (Å²) in [5.41, 5.74) is 9.96. The third-order valence-electron chi connectivity index (χ3n) is 9.37. The van der Waals surface area contributed by atoms with Crippen LogP contribution in [0.25, 0.3) is 87.6 Å². The van der Waals surface area contributed by atoms with Gasteiger partial charge in [0.1, 0.15) is 0 Å². The Morgan fingerprint density at radius 1 is 0.261 bits per heavy atom. The van der Waals surface area contributed by atoms with Gasteiger partial charge in [0.15, 0.2) is 0 Å². The monoisotopic (exact) mass is 808 g/mol. The molecule has 0 saturated carbocycles. The van der Waals surface area contributed by atoms with Crippen molar-refractivity contribution >= 4 is 88.3 Å². The Morgan fingerprint density at radius 3 is 1.52 bits per heavy atom. The molecule has 9 aromatic rings. The van der Waals surface area contributed by atoms with E-state index in [1.54, 1.807) is 0 Å². The summed E-state index contributed by atoms with van der Waals surface area (Å²) in [4.78, 5) is 0. The van der Waals surface area contributed by atoms with Crippen molar-refractivity contribution in [2.75, 3.05) is 0 Å². The summed E-state index contributed by atoms with van der Waals surface area (Å²) in [6.45, 7) is 0. The van der Waals surface area contributed by atoms with Crippen molar-refractivity contribution in [2.24, 2.45) is 0 Å². The summed E-state index contributed by atoms with van der Waals surface area (Å²) in [7, 11) is 0. The Morgan fingerprint density at radius 2 is 0.804 bits per heavy atom. The van der Waals surface area contributed by atoms with Gasteiger partial charge in [-0.2, -0.15) is 0 Å². The second kappa shape index (κ2) is 11.2. The van der Waals surface area contributed by atoms with Gasteiger partial charge < -0.3 is 0 Å². The fourth-order valence-electron chi connectivity index (χ4n) is 7.34. The first kappa shape index (κ1) is 28.0. The molecule has 0 nitrogen and oxygen atoms in total. The number of halogens is 2. The highest BCUT2D eigenvalue weighted by Gasteiger charge is 2.23. The zero-order valence-corrected chi connectivity index (χ0v) is 29.1. The predicted octanol–water partition coefficient (Wildman–Crippen LogP) is 13.6. The predicted molar refractivity (Wildman–Crippen MR) is 215 cm³/mol. The van der Waals surface area contributed by atoms with Gasteiger partial charge in [-0.15, -0.1) is 0 Å². The van der Waals surface area contributed by atoms with Crippen molar-refractivity contribution in [1.82, 2.24) is 0 Å². The molecule has 0 bridgehead atoms. The normalized spacial score (nSPS) is 11.7. The number of fused-ring (bicyclic) bond motifs is 2. The van der Waals surface area contributed by atoms with Gasteiger partial charge >= 0.3 is 0 Å². The molecular weight excluding hydrogens is 782 g/mol. The summed E-state index contributed by atoms with van der Waals surface area (Å²) < 4.78 is 2.54. The van der Waals surface area contributed by atoms with Crippen LogP contribution in [-0.2, 0) is 0 Å². The van der Waals surface area contributed by atoms with E-state index < -0.39 is 0 Å². The summed E-state index contributed by atoms with van der Waals surface area (Å²) in [6.07, 6.45) is 0. The first-order valence-electron chi connectivity index (χ1n) is 15.5. The molecule has 0 fully saturated rings. The van der Waals surface area contributed by atoms with E-state index >= 15 is 0 Å². The topological polar surface area (TPSA) is 0 Å². The first-order chi connectivity index (χ1) is 22.7. The SMILES string of the molecule is Ic1ccc2c3c(-c4cc(-c5ccccc5)ccc4-c4ccccc4)cc(I)c4ccc(-c5ccccc5)c(c5cccc1c52)c43.